The quantitative estimate of drug-likeness (QED) is 0.277. The molecule has 1 aromatic heterocycles. The number of aryl methyl sites for hydroxylation is 1. The predicted octanol–water partition coefficient (Wildman–Crippen LogP) is 3.02. The first-order valence-corrected chi connectivity index (χ1v) is 16.4. The van der Waals surface area contributed by atoms with Gasteiger partial charge in [-0.2, -0.15) is 5.10 Å². The predicted molar refractivity (Wildman–Crippen MR) is 171 cm³/mol. The monoisotopic (exact) mass is 649 g/mol. The molecule has 12 nitrogen and oxygen atoms in total. The van der Waals surface area contributed by atoms with E-state index < -0.39 is 21.9 Å². The summed E-state index contributed by atoms with van der Waals surface area (Å²) in [6.45, 7) is 8.66. The minimum atomic E-state index is -3.85. The molecule has 3 aromatic rings. The van der Waals surface area contributed by atoms with Crippen LogP contribution in [0.4, 0.5) is 4.79 Å². The van der Waals surface area contributed by atoms with Crippen LogP contribution in [0.2, 0.25) is 0 Å². The third-order valence-corrected chi connectivity index (χ3v) is 9.46. The van der Waals surface area contributed by atoms with E-state index in [4.69, 9.17) is 4.74 Å². The van der Waals surface area contributed by atoms with Gasteiger partial charge in [-0.3, -0.25) is 14.4 Å². The number of piperazine rings is 1. The summed E-state index contributed by atoms with van der Waals surface area (Å²) < 4.78 is 32.9. The number of aromatic nitrogens is 2. The van der Waals surface area contributed by atoms with Gasteiger partial charge in [0.1, 0.15) is 0 Å². The highest BCUT2D eigenvalue weighted by atomic mass is 32.2. The van der Waals surface area contributed by atoms with Crippen LogP contribution in [0, 0.1) is 17.3 Å². The highest BCUT2D eigenvalue weighted by Crippen LogP contribution is 2.28. The van der Waals surface area contributed by atoms with Gasteiger partial charge in [-0.05, 0) is 53.9 Å². The fraction of sp³-hybridized carbons (Fsp3) is 0.394. The first-order valence-electron chi connectivity index (χ1n) is 14.7. The van der Waals surface area contributed by atoms with E-state index in [-0.39, 0.29) is 39.1 Å². The molecule has 2 aromatic carbocycles. The molecule has 2 N–H and O–H groups in total. The van der Waals surface area contributed by atoms with E-state index in [1.807, 2.05) is 20.8 Å². The fourth-order valence-corrected chi connectivity index (χ4v) is 6.66. The summed E-state index contributed by atoms with van der Waals surface area (Å²) in [4.78, 5) is 40.3. The number of methoxy groups -OCH3 is 1. The van der Waals surface area contributed by atoms with Crippen molar-refractivity contribution in [3.63, 3.8) is 0 Å². The number of nitrogens with zero attached hydrogens (tertiary/aromatic N) is 4. The second-order valence-electron chi connectivity index (χ2n) is 12.2. The Morgan fingerprint density at radius 2 is 1.74 bits per heavy atom. The van der Waals surface area contributed by atoms with Gasteiger partial charge in [0.2, 0.25) is 0 Å². The average molecular weight is 650 g/mol. The molecule has 1 atom stereocenters. The topological polar surface area (TPSA) is 151 Å². The molecule has 1 fully saturated rings. The normalized spacial score (nSPS) is 15.5. The van der Waals surface area contributed by atoms with E-state index >= 15 is 0 Å². The van der Waals surface area contributed by atoms with Crippen LogP contribution in [-0.2, 0) is 27.4 Å². The molecule has 0 spiro atoms. The highest BCUT2D eigenvalue weighted by molar-refractivity contribution is 7.90. The largest absolute Gasteiger partial charge is 0.465 e. The molecule has 1 aliphatic heterocycles. The smallest absolute Gasteiger partial charge is 0.407 e. The molecule has 1 saturated heterocycles. The maximum Gasteiger partial charge on any atom is 0.407 e. The van der Waals surface area contributed by atoms with Gasteiger partial charge in [0.05, 0.1) is 35.1 Å². The molecule has 0 radical (unpaired) electrons. The van der Waals surface area contributed by atoms with Gasteiger partial charge in [0.15, 0.2) is 9.84 Å². The minimum absolute atomic E-state index is 0.0347. The first-order chi connectivity index (χ1) is 21.7. The molecular weight excluding hydrogens is 610 g/mol. The fourth-order valence-electron chi connectivity index (χ4n) is 5.24. The Kier molecular flexibility index (Phi) is 10.5. The van der Waals surface area contributed by atoms with Crippen molar-refractivity contribution in [2.45, 2.75) is 37.5 Å². The lowest BCUT2D eigenvalue weighted by Gasteiger charge is -2.46. The number of amides is 2. The van der Waals surface area contributed by atoms with Crippen molar-refractivity contribution in [2.24, 2.45) is 12.5 Å². The Morgan fingerprint density at radius 3 is 2.35 bits per heavy atom. The molecule has 0 bridgehead atoms. The van der Waals surface area contributed by atoms with E-state index in [9.17, 15) is 27.9 Å². The average Bonchev–Trinajstić information content (AvgIpc) is 3.42. The number of rotatable bonds is 8. The maximum absolute atomic E-state index is 13.3. The number of nitrogens with one attached hydrogen (secondary N) is 1. The highest BCUT2D eigenvalue weighted by Gasteiger charge is 2.37. The second-order valence-corrected chi connectivity index (χ2v) is 14.1. The van der Waals surface area contributed by atoms with Gasteiger partial charge in [-0.1, -0.05) is 32.6 Å². The van der Waals surface area contributed by atoms with Crippen LogP contribution in [0.1, 0.15) is 58.3 Å². The van der Waals surface area contributed by atoms with Gasteiger partial charge in [0, 0.05) is 62.7 Å². The van der Waals surface area contributed by atoms with Gasteiger partial charge in [0.25, 0.3) is 5.91 Å². The maximum atomic E-state index is 13.3. The molecule has 4 rings (SSSR count). The summed E-state index contributed by atoms with van der Waals surface area (Å²) in [6, 6.07) is 12.2. The molecule has 0 saturated carbocycles. The molecule has 1 unspecified atom stereocenters. The molecule has 2 amide bonds. The Bertz CT molecular complexity index is 1770. The number of sulfone groups is 1. The van der Waals surface area contributed by atoms with Gasteiger partial charge in [-0.25, -0.2) is 18.0 Å². The summed E-state index contributed by atoms with van der Waals surface area (Å²) in [5, 5.41) is 16.7. The van der Waals surface area contributed by atoms with Crippen molar-refractivity contribution in [1.29, 1.82) is 0 Å². The molecular formula is C33H39N5O7S. The van der Waals surface area contributed by atoms with Crippen LogP contribution in [0.15, 0.2) is 59.6 Å². The van der Waals surface area contributed by atoms with Crippen LogP contribution in [-0.4, -0.2) is 96.9 Å². The molecule has 46 heavy (non-hydrogen) atoms. The van der Waals surface area contributed by atoms with Crippen LogP contribution < -0.4 is 5.32 Å². The number of ether oxygens (including phenoxy) is 1. The summed E-state index contributed by atoms with van der Waals surface area (Å²) in [6.07, 6.45) is 0.741. The third kappa shape index (κ3) is 8.52. The van der Waals surface area contributed by atoms with E-state index in [2.05, 4.69) is 27.2 Å². The van der Waals surface area contributed by atoms with E-state index in [1.54, 1.807) is 43.6 Å². The number of carbonyl (C=O) groups is 3. The number of hydrogen-bond acceptors (Lipinski definition) is 8. The zero-order chi connectivity index (χ0) is 33.6. The van der Waals surface area contributed by atoms with Crippen LogP contribution in [0.5, 0.6) is 0 Å². The van der Waals surface area contributed by atoms with E-state index in [1.165, 1.54) is 34.9 Å². The summed E-state index contributed by atoms with van der Waals surface area (Å²) in [7, 11) is -0.917. The van der Waals surface area contributed by atoms with Crippen molar-refractivity contribution >= 4 is 27.8 Å². The number of carboxylic acid groups (broad SMARTS) is 1. The van der Waals surface area contributed by atoms with Crippen molar-refractivity contribution in [2.75, 3.05) is 39.8 Å². The zero-order valence-electron chi connectivity index (χ0n) is 26.6. The van der Waals surface area contributed by atoms with Gasteiger partial charge < -0.3 is 20.1 Å². The van der Waals surface area contributed by atoms with Crippen molar-refractivity contribution in [3.05, 3.63) is 82.7 Å². The summed E-state index contributed by atoms with van der Waals surface area (Å²) in [5.74, 6) is 4.60. The Balaban J connectivity index is 1.43. The molecule has 244 valence electrons. The third-order valence-electron chi connectivity index (χ3n) is 7.75. The van der Waals surface area contributed by atoms with Crippen LogP contribution >= 0.6 is 0 Å². The van der Waals surface area contributed by atoms with Crippen LogP contribution in [0.25, 0.3) is 0 Å². The second kappa shape index (κ2) is 14.2. The lowest BCUT2D eigenvalue weighted by Crippen LogP contribution is -2.60. The Hall–Kier alpha value is -4.67. The number of hydrogen-bond donors (Lipinski definition) is 2. The van der Waals surface area contributed by atoms with Crippen molar-refractivity contribution in [1.82, 2.24) is 24.9 Å². The SMILES string of the molecule is COC(=O)c1ccc(S(=O)(=O)Cc2ccn(C)n2)c(C#Cc2ccc(C(=O)NCCN3CCN(C(=O)O)C(C(C)(C)C)C3)cc2)c1. The van der Waals surface area contributed by atoms with Crippen LogP contribution in [0.3, 0.4) is 0 Å². The Morgan fingerprint density at radius 1 is 1.04 bits per heavy atom. The van der Waals surface area contributed by atoms with Crippen molar-refractivity contribution < 1.29 is 32.6 Å². The van der Waals surface area contributed by atoms with E-state index in [0.29, 0.717) is 49.5 Å². The number of benzene rings is 2. The van der Waals surface area contributed by atoms with E-state index in [0.717, 1.165) is 0 Å². The number of carbonyl (C=O) groups excluding carboxylic acids is 2. The van der Waals surface area contributed by atoms with Crippen molar-refractivity contribution in [3.8, 4) is 11.8 Å². The molecule has 13 heteroatoms. The lowest BCUT2D eigenvalue weighted by atomic mass is 9.84. The lowest BCUT2D eigenvalue weighted by molar-refractivity contribution is 0.0222. The van der Waals surface area contributed by atoms with Gasteiger partial charge >= 0.3 is 12.1 Å². The Labute approximate surface area is 269 Å². The number of esters is 1. The summed E-state index contributed by atoms with van der Waals surface area (Å²) >= 11 is 0. The zero-order valence-corrected chi connectivity index (χ0v) is 27.4. The molecule has 2 heterocycles. The molecule has 1 aliphatic rings. The minimum Gasteiger partial charge on any atom is -0.465 e. The van der Waals surface area contributed by atoms with Gasteiger partial charge in [-0.15, -0.1) is 0 Å². The first kappa shape index (κ1) is 34.2. The standard InChI is InChI=1S/C33H39N5O7S/c1-33(2,3)29-21-37(18-19-38(29)32(41)42)17-15-34-30(39)24-9-6-23(7-10-24)8-11-25-20-26(31(40)45-5)12-13-28(25)46(43,44)22-27-14-16-36(4)35-27/h6-7,9-10,12-14,16,20,29H,15,17-19,21-22H2,1-5H3,(H,34,39)(H,41,42). The molecule has 0 aliphatic carbocycles. The summed E-state index contributed by atoms with van der Waals surface area (Å²) in [5.41, 5.74) is 1.43.